The van der Waals surface area contributed by atoms with Crippen molar-refractivity contribution < 1.29 is 17.6 Å². The molecule has 0 aromatic heterocycles. The van der Waals surface area contributed by atoms with E-state index in [4.69, 9.17) is 5.26 Å². The van der Waals surface area contributed by atoms with E-state index in [2.05, 4.69) is 0 Å². The molecule has 1 aromatic rings. The van der Waals surface area contributed by atoms with Gasteiger partial charge in [0.1, 0.15) is 5.82 Å². The number of nitrogens with zero attached hydrogens (tertiary/aromatic N) is 1. The van der Waals surface area contributed by atoms with Crippen molar-refractivity contribution in [2.75, 3.05) is 0 Å². The van der Waals surface area contributed by atoms with Crippen molar-refractivity contribution in [3.8, 4) is 6.07 Å². The Hall–Kier alpha value is -1.57. The third-order valence-electron chi connectivity index (χ3n) is 1.62. The van der Waals surface area contributed by atoms with Gasteiger partial charge in [0.15, 0.2) is 0 Å². The Labute approximate surface area is 77.6 Å². The Morgan fingerprint density at radius 2 is 1.93 bits per heavy atom. The molecule has 1 rings (SSSR count). The maximum Gasteiger partial charge on any atom is 0.419 e. The van der Waals surface area contributed by atoms with Crippen molar-refractivity contribution in [1.29, 1.82) is 5.26 Å². The fourth-order valence-corrected chi connectivity index (χ4v) is 0.991. The standard InChI is InChI=1S/C9H5F4N/c10-8-2-1-6(3-4-14)5-7(8)9(11,12)13/h1-2,5H,3H2. The summed E-state index contributed by atoms with van der Waals surface area (Å²) in [7, 11) is 0. The average Bonchev–Trinajstić information content (AvgIpc) is 2.07. The predicted molar refractivity (Wildman–Crippen MR) is 40.7 cm³/mol. The third kappa shape index (κ3) is 2.22. The molecule has 0 unspecified atom stereocenters. The first-order valence-corrected chi connectivity index (χ1v) is 3.67. The monoisotopic (exact) mass is 203 g/mol. The Kier molecular flexibility index (Phi) is 2.75. The second kappa shape index (κ2) is 3.66. The van der Waals surface area contributed by atoms with Crippen LogP contribution < -0.4 is 0 Å². The molecule has 0 atom stereocenters. The number of benzene rings is 1. The summed E-state index contributed by atoms with van der Waals surface area (Å²) in [5, 5.41) is 8.26. The Morgan fingerprint density at radius 3 is 2.43 bits per heavy atom. The molecule has 0 radical (unpaired) electrons. The molecule has 0 amide bonds. The lowest BCUT2D eigenvalue weighted by molar-refractivity contribution is -0.140. The number of hydrogen-bond acceptors (Lipinski definition) is 1. The van der Waals surface area contributed by atoms with E-state index in [1.165, 1.54) is 0 Å². The molecule has 14 heavy (non-hydrogen) atoms. The van der Waals surface area contributed by atoms with Gasteiger partial charge < -0.3 is 0 Å². The molecule has 0 N–H and O–H groups in total. The number of alkyl halides is 3. The minimum absolute atomic E-state index is 0.154. The lowest BCUT2D eigenvalue weighted by Crippen LogP contribution is -2.08. The number of halogens is 4. The van der Waals surface area contributed by atoms with Crippen molar-refractivity contribution in [3.05, 3.63) is 35.1 Å². The molecule has 1 nitrogen and oxygen atoms in total. The van der Waals surface area contributed by atoms with Gasteiger partial charge in [0.2, 0.25) is 0 Å². The van der Waals surface area contributed by atoms with Gasteiger partial charge in [-0.3, -0.25) is 0 Å². The minimum Gasteiger partial charge on any atom is -0.206 e. The second-order valence-corrected chi connectivity index (χ2v) is 2.65. The zero-order valence-corrected chi connectivity index (χ0v) is 6.90. The highest BCUT2D eigenvalue weighted by atomic mass is 19.4. The summed E-state index contributed by atoms with van der Waals surface area (Å²) >= 11 is 0. The van der Waals surface area contributed by atoms with Gasteiger partial charge in [-0.2, -0.15) is 18.4 Å². The molecular weight excluding hydrogens is 198 g/mol. The molecule has 0 aliphatic heterocycles. The van der Waals surface area contributed by atoms with Crippen molar-refractivity contribution >= 4 is 0 Å². The van der Waals surface area contributed by atoms with Crippen LogP contribution in [0.2, 0.25) is 0 Å². The number of nitriles is 1. The second-order valence-electron chi connectivity index (χ2n) is 2.65. The molecule has 0 saturated heterocycles. The highest BCUT2D eigenvalue weighted by molar-refractivity contribution is 5.28. The minimum atomic E-state index is -4.71. The van der Waals surface area contributed by atoms with Crippen molar-refractivity contribution in [1.82, 2.24) is 0 Å². The topological polar surface area (TPSA) is 23.8 Å². The summed E-state index contributed by atoms with van der Waals surface area (Å²) in [5.41, 5.74) is -1.17. The van der Waals surface area contributed by atoms with Gasteiger partial charge in [-0.05, 0) is 17.7 Å². The van der Waals surface area contributed by atoms with Crippen LogP contribution in [0.1, 0.15) is 11.1 Å². The van der Waals surface area contributed by atoms with Gasteiger partial charge in [-0.25, -0.2) is 4.39 Å². The summed E-state index contributed by atoms with van der Waals surface area (Å²) in [6.07, 6.45) is -4.88. The Bertz CT molecular complexity index is 375. The van der Waals surface area contributed by atoms with Crippen LogP contribution in [0.15, 0.2) is 18.2 Å². The van der Waals surface area contributed by atoms with Gasteiger partial charge in [0, 0.05) is 0 Å². The summed E-state index contributed by atoms with van der Waals surface area (Å²) in [6, 6.07) is 4.22. The highest BCUT2D eigenvalue weighted by Gasteiger charge is 2.34. The SMILES string of the molecule is N#CCc1ccc(F)c(C(F)(F)F)c1. The van der Waals surface area contributed by atoms with Crippen LogP contribution in [-0.2, 0) is 12.6 Å². The van der Waals surface area contributed by atoms with Crippen LogP contribution in [0.3, 0.4) is 0 Å². The van der Waals surface area contributed by atoms with Gasteiger partial charge in [-0.1, -0.05) is 6.07 Å². The zero-order chi connectivity index (χ0) is 10.8. The van der Waals surface area contributed by atoms with Crippen LogP contribution in [0.4, 0.5) is 17.6 Å². The van der Waals surface area contributed by atoms with Gasteiger partial charge in [0.05, 0.1) is 18.1 Å². The fourth-order valence-electron chi connectivity index (χ4n) is 0.991. The highest BCUT2D eigenvalue weighted by Crippen LogP contribution is 2.31. The molecule has 74 valence electrons. The van der Waals surface area contributed by atoms with E-state index in [0.29, 0.717) is 6.07 Å². The molecule has 0 fully saturated rings. The van der Waals surface area contributed by atoms with E-state index in [1.54, 1.807) is 6.07 Å². The van der Waals surface area contributed by atoms with E-state index in [0.717, 1.165) is 12.1 Å². The Balaban J connectivity index is 3.17. The molecule has 5 heteroatoms. The first-order valence-electron chi connectivity index (χ1n) is 3.67. The van der Waals surface area contributed by atoms with Crippen LogP contribution in [-0.4, -0.2) is 0 Å². The molecule has 0 bridgehead atoms. The maximum atomic E-state index is 12.7. The normalized spacial score (nSPS) is 11.1. The van der Waals surface area contributed by atoms with E-state index in [9.17, 15) is 17.6 Å². The largest absolute Gasteiger partial charge is 0.419 e. The summed E-state index contributed by atoms with van der Waals surface area (Å²) in [6.45, 7) is 0. The molecule has 1 aromatic carbocycles. The zero-order valence-electron chi connectivity index (χ0n) is 6.90. The lowest BCUT2D eigenvalue weighted by atomic mass is 10.1. The van der Waals surface area contributed by atoms with E-state index in [1.807, 2.05) is 0 Å². The first-order chi connectivity index (χ1) is 6.45. The third-order valence-corrected chi connectivity index (χ3v) is 1.62. The summed E-state index contributed by atoms with van der Waals surface area (Å²) < 4.78 is 49.1. The van der Waals surface area contributed by atoms with Gasteiger partial charge >= 0.3 is 6.18 Å². The van der Waals surface area contributed by atoms with Crippen LogP contribution in [0, 0.1) is 17.1 Å². The molecule has 0 spiro atoms. The van der Waals surface area contributed by atoms with Crippen molar-refractivity contribution in [2.45, 2.75) is 12.6 Å². The predicted octanol–water partition coefficient (Wildman–Crippen LogP) is 2.91. The number of hydrogen-bond donors (Lipinski definition) is 0. The number of rotatable bonds is 1. The van der Waals surface area contributed by atoms with E-state index < -0.39 is 17.6 Å². The molecular formula is C9H5F4N. The summed E-state index contributed by atoms with van der Waals surface area (Å²) in [5.74, 6) is -1.32. The summed E-state index contributed by atoms with van der Waals surface area (Å²) in [4.78, 5) is 0. The van der Waals surface area contributed by atoms with Gasteiger partial charge in [-0.15, -0.1) is 0 Å². The van der Waals surface area contributed by atoms with Crippen LogP contribution in [0.25, 0.3) is 0 Å². The van der Waals surface area contributed by atoms with E-state index in [-0.39, 0.29) is 12.0 Å². The van der Waals surface area contributed by atoms with Crippen molar-refractivity contribution in [2.24, 2.45) is 0 Å². The maximum absolute atomic E-state index is 12.7. The molecule has 0 heterocycles. The quantitative estimate of drug-likeness (QED) is 0.644. The smallest absolute Gasteiger partial charge is 0.206 e. The van der Waals surface area contributed by atoms with Crippen molar-refractivity contribution in [3.63, 3.8) is 0 Å². The Morgan fingerprint density at radius 1 is 1.29 bits per heavy atom. The van der Waals surface area contributed by atoms with E-state index >= 15 is 0 Å². The van der Waals surface area contributed by atoms with Gasteiger partial charge in [0.25, 0.3) is 0 Å². The fraction of sp³-hybridized carbons (Fsp3) is 0.222. The lowest BCUT2D eigenvalue weighted by Gasteiger charge is -2.08. The first kappa shape index (κ1) is 10.5. The average molecular weight is 203 g/mol. The molecule has 0 saturated carbocycles. The van der Waals surface area contributed by atoms with Crippen LogP contribution >= 0.6 is 0 Å². The molecule has 0 aliphatic carbocycles. The van der Waals surface area contributed by atoms with Crippen LogP contribution in [0.5, 0.6) is 0 Å². The molecule has 0 aliphatic rings.